The molecular weight excluding hydrogens is 323 g/mol. The van der Waals surface area contributed by atoms with E-state index in [-0.39, 0.29) is 9.53 Å². The number of ether oxygens (including phenoxy) is 2. The summed E-state index contributed by atoms with van der Waals surface area (Å²) in [5, 5.41) is 9.47. The van der Waals surface area contributed by atoms with Crippen LogP contribution in [0.2, 0.25) is 0 Å². The number of benzene rings is 1. The van der Waals surface area contributed by atoms with E-state index < -0.39 is 27.2 Å². The van der Waals surface area contributed by atoms with Crippen LogP contribution in [-0.4, -0.2) is 25.3 Å². The number of hydrogen-bond donors (Lipinski definition) is 1. The van der Waals surface area contributed by atoms with Gasteiger partial charge in [0.15, 0.2) is 0 Å². The number of carbonyl (C=O) groups is 1. The van der Waals surface area contributed by atoms with E-state index in [1.54, 1.807) is 0 Å². The molecule has 1 aromatic rings. The number of rotatable bonds is 4. The summed E-state index contributed by atoms with van der Waals surface area (Å²) in [5.41, 5.74) is 0. The first kappa shape index (κ1) is 12.8. The molecule has 0 amide bonds. The Bertz CT molecular complexity index is 386. The summed E-state index contributed by atoms with van der Waals surface area (Å²) in [5.74, 6) is -0.885. The predicted molar refractivity (Wildman–Crippen MR) is 69.2 cm³/mol. The van der Waals surface area contributed by atoms with Crippen molar-refractivity contribution in [2.45, 2.75) is 0 Å². The van der Waals surface area contributed by atoms with Crippen LogP contribution in [0.15, 0.2) is 39.9 Å². The topological polar surface area (TPSA) is 55.8 Å². The number of esters is 1. The van der Waals surface area contributed by atoms with Gasteiger partial charge in [-0.05, 0) is 0 Å². The number of aliphatic hydroxyl groups excluding tert-OH is 1. The van der Waals surface area contributed by atoms with Gasteiger partial charge in [0.05, 0.1) is 0 Å². The van der Waals surface area contributed by atoms with Crippen molar-refractivity contribution in [1.82, 2.24) is 0 Å². The zero-order valence-corrected chi connectivity index (χ0v) is 11.3. The number of carbonyl (C=O) groups excluding carboxylic acids is 1. The van der Waals surface area contributed by atoms with Gasteiger partial charge in [-0.1, -0.05) is 0 Å². The van der Waals surface area contributed by atoms with E-state index in [1.165, 1.54) is 14.2 Å². The van der Waals surface area contributed by atoms with Crippen molar-refractivity contribution in [2.75, 3.05) is 14.2 Å². The van der Waals surface area contributed by atoms with Gasteiger partial charge in [0.25, 0.3) is 0 Å². The Kier molecular flexibility index (Phi) is 5.10. The second-order valence-electron chi connectivity index (χ2n) is 2.75. The van der Waals surface area contributed by atoms with E-state index in [0.29, 0.717) is 0 Å². The van der Waals surface area contributed by atoms with E-state index in [9.17, 15) is 9.90 Å². The maximum absolute atomic E-state index is 11.4. The van der Waals surface area contributed by atoms with E-state index in [0.717, 1.165) is 3.57 Å². The molecule has 0 heterocycles. The van der Waals surface area contributed by atoms with Gasteiger partial charge in [-0.2, -0.15) is 0 Å². The molecule has 88 valence electrons. The molecule has 0 aliphatic carbocycles. The Labute approximate surface area is 104 Å². The van der Waals surface area contributed by atoms with Crippen molar-refractivity contribution >= 4 is 27.2 Å². The molecule has 1 rings (SSSR count). The molecule has 0 aliphatic rings. The third-order valence-corrected chi connectivity index (χ3v) is 4.73. The Morgan fingerprint density at radius 2 is 1.81 bits per heavy atom. The number of halogens is 1. The van der Waals surface area contributed by atoms with Gasteiger partial charge in [0, 0.05) is 0 Å². The van der Waals surface area contributed by atoms with Gasteiger partial charge in [-0.15, -0.1) is 0 Å². The molecule has 0 aliphatic heterocycles. The molecule has 0 unspecified atom stereocenters. The fraction of sp³-hybridized carbons (Fsp3) is 0.182. The summed E-state index contributed by atoms with van der Waals surface area (Å²) >= 11 is -0.997. The van der Waals surface area contributed by atoms with Gasteiger partial charge in [-0.3, -0.25) is 0 Å². The fourth-order valence-electron chi connectivity index (χ4n) is 0.964. The van der Waals surface area contributed by atoms with E-state index in [2.05, 4.69) is 9.47 Å². The minimum absolute atomic E-state index is 0.238. The van der Waals surface area contributed by atoms with Gasteiger partial charge in [0.2, 0.25) is 0 Å². The van der Waals surface area contributed by atoms with Crippen molar-refractivity contribution in [3.8, 4) is 0 Å². The third kappa shape index (κ3) is 3.41. The molecule has 1 aromatic carbocycles. The van der Waals surface area contributed by atoms with Gasteiger partial charge >= 0.3 is 104 Å². The van der Waals surface area contributed by atoms with Crippen LogP contribution in [0, 0.1) is 3.57 Å². The molecule has 0 saturated carbocycles. The average molecular weight is 336 g/mol. The standard InChI is InChI=1S/C11H13IO4/c1-15-10(13)9(11(14)16-2)12-8-6-4-3-5-7-8/h3-7,12-13H,1-2H3/b10-9-. The first-order chi connectivity index (χ1) is 7.69. The van der Waals surface area contributed by atoms with Crippen LogP contribution in [0.5, 0.6) is 0 Å². The van der Waals surface area contributed by atoms with Gasteiger partial charge < -0.3 is 0 Å². The van der Waals surface area contributed by atoms with E-state index in [1.807, 2.05) is 30.3 Å². The molecule has 4 nitrogen and oxygen atoms in total. The SMILES string of the molecule is COC(=O)/C([IH]c1ccccc1)=C(\O)OC. The summed E-state index contributed by atoms with van der Waals surface area (Å²) in [6.07, 6.45) is 0. The monoisotopic (exact) mass is 336 g/mol. The predicted octanol–water partition coefficient (Wildman–Crippen LogP) is 2.11. The Morgan fingerprint density at radius 3 is 2.31 bits per heavy atom. The van der Waals surface area contributed by atoms with Crippen molar-refractivity contribution in [3.63, 3.8) is 0 Å². The van der Waals surface area contributed by atoms with Crippen molar-refractivity contribution in [1.29, 1.82) is 0 Å². The first-order valence-corrected chi connectivity index (χ1v) is 6.80. The van der Waals surface area contributed by atoms with Crippen LogP contribution in [0.4, 0.5) is 0 Å². The third-order valence-electron chi connectivity index (χ3n) is 1.72. The quantitative estimate of drug-likeness (QED) is 0.396. The van der Waals surface area contributed by atoms with Gasteiger partial charge in [0.1, 0.15) is 0 Å². The van der Waals surface area contributed by atoms with Crippen LogP contribution in [0.25, 0.3) is 0 Å². The zero-order chi connectivity index (χ0) is 12.0. The molecule has 0 fully saturated rings. The zero-order valence-electron chi connectivity index (χ0n) is 8.97. The Balaban J connectivity index is 2.93. The fourth-order valence-corrected chi connectivity index (χ4v) is 3.44. The normalized spacial score (nSPS) is 11.9. The summed E-state index contributed by atoms with van der Waals surface area (Å²) in [6, 6.07) is 9.49. The molecule has 0 atom stereocenters. The summed E-state index contributed by atoms with van der Waals surface area (Å²) in [4.78, 5) is 11.4. The van der Waals surface area contributed by atoms with Crippen LogP contribution in [0.3, 0.4) is 0 Å². The Hall–Kier alpha value is -1.24. The maximum atomic E-state index is 11.4. The van der Waals surface area contributed by atoms with Crippen molar-refractivity contribution < 1.29 is 19.4 Å². The summed E-state index contributed by atoms with van der Waals surface area (Å²) < 4.78 is 10.5. The molecule has 16 heavy (non-hydrogen) atoms. The van der Waals surface area contributed by atoms with Crippen molar-refractivity contribution in [3.05, 3.63) is 43.4 Å². The molecule has 0 bridgehead atoms. The van der Waals surface area contributed by atoms with Crippen LogP contribution < -0.4 is 0 Å². The molecule has 1 N–H and O–H groups in total. The number of methoxy groups -OCH3 is 2. The Morgan fingerprint density at radius 1 is 1.19 bits per heavy atom. The molecule has 0 radical (unpaired) electrons. The van der Waals surface area contributed by atoms with Crippen molar-refractivity contribution in [2.24, 2.45) is 0 Å². The molecular formula is C11H13IO4. The first-order valence-electron chi connectivity index (χ1n) is 4.47. The second-order valence-corrected chi connectivity index (χ2v) is 5.84. The molecule has 5 heteroatoms. The van der Waals surface area contributed by atoms with Crippen LogP contribution in [0.1, 0.15) is 0 Å². The van der Waals surface area contributed by atoms with Crippen LogP contribution >= 0.6 is 21.2 Å². The van der Waals surface area contributed by atoms with E-state index >= 15 is 0 Å². The summed E-state index contributed by atoms with van der Waals surface area (Å²) in [7, 11) is 2.60. The number of aliphatic hydroxyl groups is 1. The number of hydrogen-bond acceptors (Lipinski definition) is 4. The molecule has 0 aromatic heterocycles. The molecule has 0 spiro atoms. The van der Waals surface area contributed by atoms with Crippen LogP contribution in [-0.2, 0) is 14.3 Å². The van der Waals surface area contributed by atoms with Gasteiger partial charge in [-0.25, -0.2) is 0 Å². The second kappa shape index (κ2) is 6.37. The minimum atomic E-state index is -0.997. The molecule has 0 saturated heterocycles. The average Bonchev–Trinajstić information content (AvgIpc) is 2.35. The summed E-state index contributed by atoms with van der Waals surface area (Å²) in [6.45, 7) is 0. The van der Waals surface area contributed by atoms with E-state index in [4.69, 9.17) is 0 Å².